The maximum atomic E-state index is 2.00. The van der Waals surface area contributed by atoms with E-state index < -0.39 is 0 Å². The van der Waals surface area contributed by atoms with E-state index >= 15 is 0 Å². The second-order valence-electron chi connectivity index (χ2n) is 0.577. The molecule has 50 valence electrons. The zero-order valence-electron chi connectivity index (χ0n) is 7.31. The third-order valence-electron chi connectivity index (χ3n) is 0. The van der Waals surface area contributed by atoms with Crippen molar-refractivity contribution in [1.82, 2.24) is 0 Å². The summed E-state index contributed by atoms with van der Waals surface area (Å²) in [7, 11) is 0. The molecule has 0 aromatic heterocycles. The Morgan fingerprint density at radius 2 is 0.778 bits per heavy atom. The van der Waals surface area contributed by atoms with Crippen molar-refractivity contribution in [3.05, 3.63) is 28.7 Å². The minimum atomic E-state index is 0. The molecule has 9 heavy (non-hydrogen) atoms. The Kier molecular flexibility index (Phi) is 401. The van der Waals surface area contributed by atoms with E-state index in [4.69, 9.17) is 0 Å². The van der Waals surface area contributed by atoms with E-state index in [-0.39, 0.29) is 120 Å². The molecule has 0 rings (SSSR count). The second-order valence-corrected chi connectivity index (χ2v) is 0.577. The molecular weight excluding hydrogens is 339 g/mol. The maximum absolute atomic E-state index is 2.00. The summed E-state index contributed by atoms with van der Waals surface area (Å²) >= 11 is 0. The van der Waals surface area contributed by atoms with E-state index in [1.54, 1.807) is 0 Å². The molecule has 0 aliphatic rings. The Hall–Kier alpha value is 3.31. The Balaban J connectivity index is -0.00000000133. The average molecular weight is 355 g/mol. The Labute approximate surface area is 138 Å². The smallest absolute Gasteiger partial charge is 0.358 e. The van der Waals surface area contributed by atoms with Gasteiger partial charge >= 0.3 is 32.7 Å². The SMILES string of the molecule is C[CH-]C.[CH3-].[CH3-].[CH3-].[Y+3].[Y].[Y]. The van der Waals surface area contributed by atoms with Crippen LogP contribution in [0.4, 0.5) is 0 Å². The molecule has 0 saturated carbocycles. The summed E-state index contributed by atoms with van der Waals surface area (Å²) < 4.78 is 0. The predicted octanol–water partition coefficient (Wildman–Crippen LogP) is 2.57. The van der Waals surface area contributed by atoms with Gasteiger partial charge in [0.15, 0.2) is 0 Å². The first kappa shape index (κ1) is 55.8. The maximum Gasteiger partial charge on any atom is 3.00 e. The van der Waals surface area contributed by atoms with Crippen molar-refractivity contribution in [2.24, 2.45) is 0 Å². The van der Waals surface area contributed by atoms with E-state index in [9.17, 15) is 0 Å². The monoisotopic (exact) mass is 355 g/mol. The number of rotatable bonds is 0. The van der Waals surface area contributed by atoms with Crippen molar-refractivity contribution in [1.29, 1.82) is 0 Å². The molecule has 3 heteroatoms. The third-order valence-corrected chi connectivity index (χ3v) is 0. The molecule has 0 aromatic rings. The summed E-state index contributed by atoms with van der Waals surface area (Å²) in [5, 5.41) is 0. The Morgan fingerprint density at radius 3 is 0.778 bits per heavy atom. The molecule has 0 aliphatic heterocycles. The van der Waals surface area contributed by atoms with Crippen LogP contribution in [-0.2, 0) is 98.1 Å². The van der Waals surface area contributed by atoms with E-state index in [1.165, 1.54) is 0 Å². The fourth-order valence-electron chi connectivity index (χ4n) is 0. The molecule has 2 radical (unpaired) electrons. The van der Waals surface area contributed by atoms with Crippen molar-refractivity contribution in [2.75, 3.05) is 0 Å². The minimum Gasteiger partial charge on any atom is -0.358 e. The largest absolute Gasteiger partial charge is 3.00 e. The molecule has 0 heterocycles. The van der Waals surface area contributed by atoms with Crippen LogP contribution in [0.5, 0.6) is 0 Å². The second kappa shape index (κ2) is 64.7. The van der Waals surface area contributed by atoms with Crippen LogP contribution in [0.15, 0.2) is 0 Å². The van der Waals surface area contributed by atoms with Gasteiger partial charge in [0.25, 0.3) is 0 Å². The van der Waals surface area contributed by atoms with Gasteiger partial charge in [-0.2, -0.15) is 13.8 Å². The summed E-state index contributed by atoms with van der Waals surface area (Å²) in [4.78, 5) is 0. The van der Waals surface area contributed by atoms with E-state index in [2.05, 4.69) is 0 Å². The zero-order valence-corrected chi connectivity index (χ0v) is 15.8. The van der Waals surface area contributed by atoms with Gasteiger partial charge in [0.05, 0.1) is 0 Å². The quantitative estimate of drug-likeness (QED) is 0.586. The van der Waals surface area contributed by atoms with Gasteiger partial charge in [-0.3, -0.25) is 0 Å². The van der Waals surface area contributed by atoms with Crippen LogP contribution < -0.4 is 0 Å². The van der Waals surface area contributed by atoms with Gasteiger partial charge in [-0.1, -0.05) is 0 Å². The molecule has 0 N–H and O–H groups in total. The fraction of sp³-hybridized carbons (Fsp3) is 0.333. The molecule has 0 amide bonds. The van der Waals surface area contributed by atoms with Crippen molar-refractivity contribution < 1.29 is 98.1 Å². The molecule has 0 fully saturated rings. The van der Waals surface area contributed by atoms with Crippen LogP contribution >= 0.6 is 0 Å². The molecule has 0 aromatic carbocycles. The Morgan fingerprint density at radius 1 is 0.778 bits per heavy atom. The summed E-state index contributed by atoms with van der Waals surface area (Å²) in [6, 6.07) is 0. The molecule has 0 bridgehead atoms. The van der Waals surface area contributed by atoms with Crippen LogP contribution in [0.3, 0.4) is 0 Å². The molecule has 0 atom stereocenters. The number of hydrogen-bond acceptors (Lipinski definition) is 0. The van der Waals surface area contributed by atoms with Crippen LogP contribution in [0, 0.1) is 28.7 Å². The standard InChI is InChI=1S/C3H7.3CH3.3Y/c1-3-2;;;;;;/h3H,1-2H3;3*1H3;;;/q4*-1;;;+3. The molecule has 0 unspecified atom stereocenters. The Bertz CT molecular complexity index is 8.26. The summed E-state index contributed by atoms with van der Waals surface area (Å²) in [6.07, 6.45) is 2.00. The molecule has 0 saturated heterocycles. The summed E-state index contributed by atoms with van der Waals surface area (Å²) in [5.41, 5.74) is 0. The van der Waals surface area contributed by atoms with E-state index in [1.807, 2.05) is 20.3 Å². The van der Waals surface area contributed by atoms with Crippen LogP contribution in [0.25, 0.3) is 0 Å². The summed E-state index contributed by atoms with van der Waals surface area (Å²) in [5.74, 6) is 0. The van der Waals surface area contributed by atoms with Crippen molar-refractivity contribution >= 4 is 0 Å². The first-order valence-electron chi connectivity index (χ1n) is 1.15. The molecule has 0 spiro atoms. The van der Waals surface area contributed by atoms with E-state index in [0.29, 0.717) is 0 Å². The molecule has 0 aliphatic carbocycles. The fourth-order valence-corrected chi connectivity index (χ4v) is 0. The zero-order chi connectivity index (χ0) is 2.71. The first-order chi connectivity index (χ1) is 1.41. The predicted molar refractivity (Wildman–Crippen MR) is 34.9 cm³/mol. The van der Waals surface area contributed by atoms with Crippen LogP contribution in [-0.4, -0.2) is 0 Å². The van der Waals surface area contributed by atoms with Gasteiger partial charge in [-0.05, 0) is 0 Å². The van der Waals surface area contributed by atoms with Gasteiger partial charge in [0.1, 0.15) is 0 Å². The van der Waals surface area contributed by atoms with Crippen molar-refractivity contribution in [2.45, 2.75) is 13.8 Å². The first-order valence-corrected chi connectivity index (χ1v) is 1.15. The van der Waals surface area contributed by atoms with Crippen molar-refractivity contribution in [3.63, 3.8) is 0 Å². The third kappa shape index (κ3) is 89.4. The molecular formula is C6H16Y3-. The van der Waals surface area contributed by atoms with Crippen LogP contribution in [0.1, 0.15) is 13.8 Å². The number of hydrogen-bond donors (Lipinski definition) is 0. The van der Waals surface area contributed by atoms with Gasteiger partial charge in [-0.15, -0.1) is 0 Å². The van der Waals surface area contributed by atoms with Gasteiger partial charge in [0.2, 0.25) is 0 Å². The average Bonchev–Trinajstić information content (AvgIpc) is 0.918. The van der Waals surface area contributed by atoms with Crippen molar-refractivity contribution in [3.8, 4) is 0 Å². The minimum absolute atomic E-state index is 0. The molecule has 0 nitrogen and oxygen atoms in total. The van der Waals surface area contributed by atoms with Gasteiger partial charge in [-0.25, -0.2) is 0 Å². The summed E-state index contributed by atoms with van der Waals surface area (Å²) in [6.45, 7) is 4.00. The van der Waals surface area contributed by atoms with Gasteiger partial charge in [0, 0.05) is 65.4 Å². The van der Waals surface area contributed by atoms with E-state index in [0.717, 1.165) is 0 Å². The van der Waals surface area contributed by atoms with Gasteiger partial charge < -0.3 is 28.7 Å². The topological polar surface area (TPSA) is 0 Å². The van der Waals surface area contributed by atoms with Crippen LogP contribution in [0.2, 0.25) is 0 Å². The normalized spacial score (nSPS) is 2.00.